The van der Waals surface area contributed by atoms with Crippen molar-refractivity contribution in [2.24, 2.45) is 0 Å². The molecule has 0 fully saturated rings. The highest BCUT2D eigenvalue weighted by molar-refractivity contribution is 9.10. The van der Waals surface area contributed by atoms with Gasteiger partial charge in [-0.15, -0.1) is 0 Å². The molecule has 2 aromatic carbocycles. The van der Waals surface area contributed by atoms with Gasteiger partial charge in [-0.1, -0.05) is 54.0 Å². The molecule has 7 heteroatoms. The Morgan fingerprint density at radius 2 is 1.69 bits per heavy atom. The number of hydrogen-bond acceptors (Lipinski definition) is 3. The van der Waals surface area contributed by atoms with Crippen molar-refractivity contribution in [2.75, 3.05) is 20.1 Å². The number of sulfonamides is 1. The molecule has 0 heterocycles. The second-order valence-corrected chi connectivity index (χ2v) is 8.66. The van der Waals surface area contributed by atoms with E-state index < -0.39 is 10.0 Å². The first-order chi connectivity index (χ1) is 12.3. The molecule has 26 heavy (non-hydrogen) atoms. The predicted octanol–water partition coefficient (Wildman–Crippen LogP) is 3.75. The minimum Gasteiger partial charge on any atom is -0.337 e. The highest BCUT2D eigenvalue weighted by Crippen LogP contribution is 2.20. The first-order valence-corrected chi connectivity index (χ1v) is 10.6. The average molecular weight is 439 g/mol. The van der Waals surface area contributed by atoms with Crippen molar-refractivity contribution < 1.29 is 13.2 Å². The summed E-state index contributed by atoms with van der Waals surface area (Å²) in [6.07, 6.45) is 0. The molecule has 0 radical (unpaired) electrons. The van der Waals surface area contributed by atoms with Gasteiger partial charge in [0.15, 0.2) is 0 Å². The molecule has 0 aliphatic carbocycles. The van der Waals surface area contributed by atoms with Crippen LogP contribution in [0, 0.1) is 0 Å². The van der Waals surface area contributed by atoms with Gasteiger partial charge in [0.05, 0.1) is 4.90 Å². The lowest BCUT2D eigenvalue weighted by molar-refractivity contribution is 0.0784. The lowest BCUT2D eigenvalue weighted by Crippen LogP contribution is -2.31. The van der Waals surface area contributed by atoms with E-state index >= 15 is 0 Å². The molecular weight excluding hydrogens is 416 g/mol. The normalized spacial score (nSPS) is 11.6. The number of halogens is 1. The van der Waals surface area contributed by atoms with Crippen LogP contribution in [0.25, 0.3) is 0 Å². The quantitative estimate of drug-likeness (QED) is 0.661. The minimum atomic E-state index is -3.59. The molecule has 0 spiro atoms. The van der Waals surface area contributed by atoms with Crippen LogP contribution in [0.4, 0.5) is 0 Å². The number of hydrogen-bond donors (Lipinski definition) is 0. The van der Waals surface area contributed by atoms with Crippen LogP contribution in [0.5, 0.6) is 0 Å². The molecule has 0 saturated heterocycles. The number of carbonyl (C=O) groups excluding carboxylic acids is 1. The topological polar surface area (TPSA) is 57.7 Å². The summed E-state index contributed by atoms with van der Waals surface area (Å²) in [4.78, 5) is 14.5. The van der Waals surface area contributed by atoms with Crippen LogP contribution in [-0.2, 0) is 16.6 Å². The fraction of sp³-hybridized carbons (Fsp3) is 0.316. The molecule has 0 aliphatic rings. The van der Waals surface area contributed by atoms with Gasteiger partial charge in [0.1, 0.15) is 0 Å². The van der Waals surface area contributed by atoms with Crippen molar-refractivity contribution in [3.05, 3.63) is 64.1 Å². The third kappa shape index (κ3) is 4.52. The van der Waals surface area contributed by atoms with E-state index in [1.165, 1.54) is 16.4 Å². The minimum absolute atomic E-state index is 0.140. The van der Waals surface area contributed by atoms with Gasteiger partial charge < -0.3 is 4.90 Å². The molecular formula is C19H23BrN2O3S. The number of benzene rings is 2. The predicted molar refractivity (Wildman–Crippen MR) is 106 cm³/mol. The molecule has 0 saturated carbocycles. The first kappa shape index (κ1) is 20.6. The van der Waals surface area contributed by atoms with E-state index in [1.54, 1.807) is 37.9 Å². The largest absolute Gasteiger partial charge is 0.337 e. The summed E-state index contributed by atoms with van der Waals surface area (Å²) in [6, 6.07) is 13.9. The summed E-state index contributed by atoms with van der Waals surface area (Å²) < 4.78 is 27.6. The monoisotopic (exact) mass is 438 g/mol. The lowest BCUT2D eigenvalue weighted by Gasteiger charge is -2.20. The molecule has 2 aromatic rings. The SMILES string of the molecule is CCN(CC)S(=O)(=O)c1cccc(C(=O)N(C)Cc2ccccc2Br)c1. The van der Waals surface area contributed by atoms with Crippen LogP contribution < -0.4 is 0 Å². The highest BCUT2D eigenvalue weighted by atomic mass is 79.9. The molecule has 0 N–H and O–H groups in total. The highest BCUT2D eigenvalue weighted by Gasteiger charge is 2.23. The first-order valence-electron chi connectivity index (χ1n) is 8.40. The maximum Gasteiger partial charge on any atom is 0.253 e. The van der Waals surface area contributed by atoms with Gasteiger partial charge in [-0.3, -0.25) is 4.79 Å². The van der Waals surface area contributed by atoms with Crippen molar-refractivity contribution >= 4 is 31.9 Å². The van der Waals surface area contributed by atoms with Gasteiger partial charge >= 0.3 is 0 Å². The molecule has 0 aromatic heterocycles. The van der Waals surface area contributed by atoms with E-state index in [9.17, 15) is 13.2 Å². The summed E-state index contributed by atoms with van der Waals surface area (Å²) in [5.74, 6) is -0.225. The zero-order chi connectivity index (χ0) is 19.3. The standard InChI is InChI=1S/C19H23BrN2O3S/c1-4-22(5-2)26(24,25)17-11-8-10-15(13-17)19(23)21(3)14-16-9-6-7-12-18(16)20/h6-13H,4-5,14H2,1-3H3. The van der Waals surface area contributed by atoms with Gasteiger partial charge in [0.25, 0.3) is 5.91 Å². The Hall–Kier alpha value is -1.70. The third-order valence-electron chi connectivity index (χ3n) is 4.14. The molecule has 5 nitrogen and oxygen atoms in total. The van der Waals surface area contributed by atoms with Gasteiger partial charge in [0, 0.05) is 36.7 Å². The second kappa shape index (κ2) is 8.79. The Labute approximate surface area is 163 Å². The van der Waals surface area contributed by atoms with Crippen molar-refractivity contribution in [2.45, 2.75) is 25.3 Å². The Morgan fingerprint density at radius 1 is 1.04 bits per heavy atom. The van der Waals surface area contributed by atoms with E-state index in [0.717, 1.165) is 10.0 Å². The lowest BCUT2D eigenvalue weighted by atomic mass is 10.1. The number of rotatable bonds is 7. The van der Waals surface area contributed by atoms with E-state index in [1.807, 2.05) is 24.3 Å². The van der Waals surface area contributed by atoms with Gasteiger partial charge in [0.2, 0.25) is 10.0 Å². The molecule has 0 aliphatic heterocycles. The third-order valence-corrected chi connectivity index (χ3v) is 6.96. The fourth-order valence-corrected chi connectivity index (χ4v) is 4.59. The molecule has 0 unspecified atom stereocenters. The molecule has 2 rings (SSSR count). The van der Waals surface area contributed by atoms with E-state index in [0.29, 0.717) is 25.2 Å². The molecule has 1 amide bonds. The Morgan fingerprint density at radius 3 is 2.31 bits per heavy atom. The van der Waals surface area contributed by atoms with Gasteiger partial charge in [-0.2, -0.15) is 4.31 Å². The van der Waals surface area contributed by atoms with Crippen LogP contribution >= 0.6 is 15.9 Å². The molecule has 0 atom stereocenters. The van der Waals surface area contributed by atoms with Gasteiger partial charge in [-0.25, -0.2) is 8.42 Å². The summed E-state index contributed by atoms with van der Waals surface area (Å²) in [7, 11) is -1.89. The maximum absolute atomic E-state index is 12.8. The Bertz CT molecular complexity index is 880. The van der Waals surface area contributed by atoms with Crippen molar-refractivity contribution in [1.29, 1.82) is 0 Å². The van der Waals surface area contributed by atoms with Gasteiger partial charge in [-0.05, 0) is 29.8 Å². The number of carbonyl (C=O) groups is 1. The smallest absolute Gasteiger partial charge is 0.253 e. The average Bonchev–Trinajstić information content (AvgIpc) is 2.64. The molecule has 0 bridgehead atoms. The van der Waals surface area contributed by atoms with Crippen LogP contribution in [0.3, 0.4) is 0 Å². The van der Waals surface area contributed by atoms with Crippen molar-refractivity contribution in [1.82, 2.24) is 9.21 Å². The Balaban J connectivity index is 2.26. The zero-order valence-electron chi connectivity index (χ0n) is 15.1. The number of nitrogens with zero attached hydrogens (tertiary/aromatic N) is 2. The second-order valence-electron chi connectivity index (χ2n) is 5.87. The van der Waals surface area contributed by atoms with Crippen molar-refractivity contribution in [3.8, 4) is 0 Å². The number of amides is 1. The Kier molecular flexibility index (Phi) is 6.97. The van der Waals surface area contributed by atoms with E-state index in [-0.39, 0.29) is 10.8 Å². The van der Waals surface area contributed by atoms with Crippen LogP contribution in [-0.4, -0.2) is 43.7 Å². The van der Waals surface area contributed by atoms with E-state index in [4.69, 9.17) is 0 Å². The summed E-state index contributed by atoms with van der Waals surface area (Å²) in [5, 5.41) is 0. The zero-order valence-corrected chi connectivity index (χ0v) is 17.5. The van der Waals surface area contributed by atoms with Crippen LogP contribution in [0.2, 0.25) is 0 Å². The summed E-state index contributed by atoms with van der Waals surface area (Å²) in [5.41, 5.74) is 1.34. The van der Waals surface area contributed by atoms with E-state index in [2.05, 4.69) is 15.9 Å². The fourth-order valence-electron chi connectivity index (χ4n) is 2.68. The summed E-state index contributed by atoms with van der Waals surface area (Å²) >= 11 is 3.48. The van der Waals surface area contributed by atoms with Crippen LogP contribution in [0.15, 0.2) is 57.9 Å². The van der Waals surface area contributed by atoms with Crippen LogP contribution in [0.1, 0.15) is 29.8 Å². The maximum atomic E-state index is 12.8. The van der Waals surface area contributed by atoms with Crippen molar-refractivity contribution in [3.63, 3.8) is 0 Å². The summed E-state index contributed by atoms with van der Waals surface area (Å²) in [6.45, 7) is 4.79. The molecule has 140 valence electrons.